The predicted octanol–water partition coefficient (Wildman–Crippen LogP) is 2.20. The smallest absolute Gasteiger partial charge is 0.320 e. The Bertz CT molecular complexity index is 608. The average molecular weight is 449 g/mol. The summed E-state index contributed by atoms with van der Waals surface area (Å²) >= 11 is 0. The largest absolute Gasteiger partial charge is 0.461 e. The highest BCUT2D eigenvalue weighted by Gasteiger charge is 2.30. The van der Waals surface area contributed by atoms with Gasteiger partial charge in [0.05, 0.1) is 6.54 Å². The van der Waals surface area contributed by atoms with Gasteiger partial charge in [0.15, 0.2) is 0 Å². The van der Waals surface area contributed by atoms with Gasteiger partial charge in [0, 0.05) is 45.2 Å². The molecule has 3 aliphatic heterocycles. The Balaban J connectivity index is 1.08. The van der Waals surface area contributed by atoms with Crippen LogP contribution in [0.15, 0.2) is 0 Å². The molecule has 0 spiro atoms. The Morgan fingerprint density at radius 1 is 0.844 bits per heavy atom. The molecule has 1 aliphatic carbocycles. The maximum absolute atomic E-state index is 12.7. The molecule has 4 aliphatic rings. The van der Waals surface area contributed by atoms with Crippen molar-refractivity contribution in [1.82, 2.24) is 19.6 Å². The van der Waals surface area contributed by atoms with Gasteiger partial charge in [-0.1, -0.05) is 6.42 Å². The lowest BCUT2D eigenvalue weighted by atomic mass is 9.92. The van der Waals surface area contributed by atoms with Crippen LogP contribution in [-0.2, 0) is 14.3 Å². The van der Waals surface area contributed by atoms with Crippen LogP contribution in [0.1, 0.15) is 64.2 Å². The quantitative estimate of drug-likeness (QED) is 0.557. The van der Waals surface area contributed by atoms with Crippen LogP contribution in [0.2, 0.25) is 0 Å². The second kappa shape index (κ2) is 11.8. The SMILES string of the molecule is CN1CCC(N2CCN(C(=O)CCC3CCN(CC(=O)OC4CCCCC4)CC3)CC2)C1. The third-order valence-electron chi connectivity index (χ3n) is 8.23. The molecule has 0 aromatic rings. The fraction of sp³-hybridized carbons (Fsp3) is 0.920. The van der Waals surface area contributed by atoms with Gasteiger partial charge >= 0.3 is 5.97 Å². The summed E-state index contributed by atoms with van der Waals surface area (Å²) in [6, 6.07) is 0.683. The van der Waals surface area contributed by atoms with Gasteiger partial charge in [0.2, 0.25) is 5.91 Å². The zero-order chi connectivity index (χ0) is 22.3. The van der Waals surface area contributed by atoms with E-state index in [1.54, 1.807) is 0 Å². The summed E-state index contributed by atoms with van der Waals surface area (Å²) in [5, 5.41) is 0. The van der Waals surface area contributed by atoms with Crippen molar-refractivity contribution in [3.8, 4) is 0 Å². The lowest BCUT2D eigenvalue weighted by Crippen LogP contribution is -2.52. The van der Waals surface area contributed by atoms with E-state index in [0.717, 1.165) is 71.4 Å². The summed E-state index contributed by atoms with van der Waals surface area (Å²) in [7, 11) is 2.20. The summed E-state index contributed by atoms with van der Waals surface area (Å²) in [5.41, 5.74) is 0. The molecule has 3 heterocycles. The van der Waals surface area contributed by atoms with Gasteiger partial charge in [-0.05, 0) is 84.0 Å². The highest BCUT2D eigenvalue weighted by molar-refractivity contribution is 5.76. The molecule has 3 saturated heterocycles. The average Bonchev–Trinajstić information content (AvgIpc) is 3.25. The molecule has 4 fully saturated rings. The van der Waals surface area contributed by atoms with Crippen molar-refractivity contribution in [2.75, 3.05) is 66.0 Å². The summed E-state index contributed by atoms with van der Waals surface area (Å²) < 4.78 is 5.68. The molecule has 0 bridgehead atoms. The number of ether oxygens (including phenoxy) is 1. The van der Waals surface area contributed by atoms with Gasteiger partial charge in [0.1, 0.15) is 6.10 Å². The van der Waals surface area contributed by atoms with Gasteiger partial charge in [0.25, 0.3) is 0 Å². The topological polar surface area (TPSA) is 56.3 Å². The van der Waals surface area contributed by atoms with E-state index in [4.69, 9.17) is 4.74 Å². The van der Waals surface area contributed by atoms with Crippen LogP contribution in [0, 0.1) is 5.92 Å². The maximum Gasteiger partial charge on any atom is 0.320 e. The molecule has 7 nitrogen and oxygen atoms in total. The number of nitrogens with zero attached hydrogens (tertiary/aromatic N) is 4. The minimum absolute atomic E-state index is 0.0473. The molecule has 0 aromatic carbocycles. The predicted molar refractivity (Wildman–Crippen MR) is 125 cm³/mol. The number of hydrogen-bond acceptors (Lipinski definition) is 6. The van der Waals surface area contributed by atoms with Crippen molar-refractivity contribution in [1.29, 1.82) is 0 Å². The molecule has 7 heteroatoms. The fourth-order valence-electron chi connectivity index (χ4n) is 6.05. The Morgan fingerprint density at radius 2 is 1.56 bits per heavy atom. The van der Waals surface area contributed by atoms with Crippen LogP contribution in [0.5, 0.6) is 0 Å². The number of piperidine rings is 1. The lowest BCUT2D eigenvalue weighted by Gasteiger charge is -2.38. The third kappa shape index (κ3) is 6.91. The molecule has 0 aromatic heterocycles. The molecule has 0 N–H and O–H groups in total. The Kier molecular flexibility index (Phi) is 8.83. The van der Waals surface area contributed by atoms with Gasteiger partial charge in [-0.25, -0.2) is 0 Å². The first-order valence-electron chi connectivity index (χ1n) is 13.2. The monoisotopic (exact) mass is 448 g/mol. The molecule has 0 radical (unpaired) electrons. The summed E-state index contributed by atoms with van der Waals surface area (Å²) in [6.45, 7) is 8.54. The third-order valence-corrected chi connectivity index (χ3v) is 8.23. The normalized spacial score (nSPS) is 27.7. The number of likely N-dealkylation sites (tertiary alicyclic amines) is 2. The van der Waals surface area contributed by atoms with Crippen molar-refractivity contribution >= 4 is 11.9 Å². The number of rotatable bonds is 7. The molecule has 1 atom stereocenters. The highest BCUT2D eigenvalue weighted by Crippen LogP contribution is 2.24. The maximum atomic E-state index is 12.7. The molecule has 1 unspecified atom stereocenters. The molecular formula is C25H44N4O3. The van der Waals surface area contributed by atoms with E-state index in [9.17, 15) is 9.59 Å². The fourth-order valence-corrected chi connectivity index (χ4v) is 6.05. The molecule has 182 valence electrons. The minimum atomic E-state index is -0.0473. The van der Waals surface area contributed by atoms with Crippen molar-refractivity contribution in [2.24, 2.45) is 5.92 Å². The number of hydrogen-bond donors (Lipinski definition) is 0. The van der Waals surface area contributed by atoms with E-state index in [2.05, 4.69) is 26.6 Å². The van der Waals surface area contributed by atoms with Crippen molar-refractivity contribution in [3.05, 3.63) is 0 Å². The molecule has 1 saturated carbocycles. The Morgan fingerprint density at radius 3 is 2.22 bits per heavy atom. The van der Waals surface area contributed by atoms with Gasteiger partial charge < -0.3 is 14.5 Å². The number of carbonyl (C=O) groups is 2. The second-order valence-electron chi connectivity index (χ2n) is 10.6. The number of carbonyl (C=O) groups excluding carboxylic acids is 2. The number of piperazine rings is 1. The number of amides is 1. The zero-order valence-corrected chi connectivity index (χ0v) is 20.2. The highest BCUT2D eigenvalue weighted by atomic mass is 16.5. The Labute approximate surface area is 194 Å². The van der Waals surface area contributed by atoms with E-state index in [1.807, 2.05) is 0 Å². The first kappa shape index (κ1) is 24.0. The number of esters is 1. The summed E-state index contributed by atoms with van der Waals surface area (Å²) in [4.78, 5) is 34.3. The lowest BCUT2D eigenvalue weighted by molar-refractivity contribution is -0.152. The van der Waals surface area contributed by atoms with Crippen molar-refractivity contribution in [2.45, 2.75) is 76.4 Å². The van der Waals surface area contributed by atoms with Crippen LogP contribution >= 0.6 is 0 Å². The second-order valence-corrected chi connectivity index (χ2v) is 10.6. The summed E-state index contributed by atoms with van der Waals surface area (Å²) in [6.07, 6.45) is 11.0. The molecule has 1 amide bonds. The minimum Gasteiger partial charge on any atom is -0.461 e. The zero-order valence-electron chi connectivity index (χ0n) is 20.2. The van der Waals surface area contributed by atoms with Crippen LogP contribution in [-0.4, -0.2) is 110 Å². The van der Waals surface area contributed by atoms with Gasteiger partial charge in [-0.3, -0.25) is 19.4 Å². The van der Waals surface area contributed by atoms with Crippen molar-refractivity contribution < 1.29 is 14.3 Å². The standard InChI is InChI=1S/C25H44N4O3/c1-26-12-11-22(19-26)28-15-17-29(18-16-28)24(30)8-7-21-9-13-27(14-10-21)20-25(31)32-23-5-3-2-4-6-23/h21-23H,2-20H2,1H3. The van der Waals surface area contributed by atoms with Crippen LogP contribution in [0.4, 0.5) is 0 Å². The first-order chi connectivity index (χ1) is 15.6. The first-order valence-corrected chi connectivity index (χ1v) is 13.2. The molecular weight excluding hydrogens is 404 g/mol. The summed E-state index contributed by atoms with van der Waals surface area (Å²) in [5.74, 6) is 0.903. The van der Waals surface area contributed by atoms with E-state index in [0.29, 0.717) is 30.8 Å². The van der Waals surface area contributed by atoms with E-state index < -0.39 is 0 Å². The van der Waals surface area contributed by atoms with Crippen LogP contribution < -0.4 is 0 Å². The molecule has 4 rings (SSSR count). The van der Waals surface area contributed by atoms with E-state index in [-0.39, 0.29) is 12.1 Å². The number of likely N-dealkylation sites (N-methyl/N-ethyl adjacent to an activating group) is 1. The van der Waals surface area contributed by atoms with Crippen molar-refractivity contribution in [3.63, 3.8) is 0 Å². The van der Waals surface area contributed by atoms with E-state index in [1.165, 1.54) is 38.8 Å². The van der Waals surface area contributed by atoms with Gasteiger partial charge in [-0.2, -0.15) is 0 Å². The van der Waals surface area contributed by atoms with Crippen LogP contribution in [0.3, 0.4) is 0 Å². The van der Waals surface area contributed by atoms with Crippen LogP contribution in [0.25, 0.3) is 0 Å². The van der Waals surface area contributed by atoms with Gasteiger partial charge in [-0.15, -0.1) is 0 Å². The van der Waals surface area contributed by atoms with E-state index >= 15 is 0 Å². The Hall–Kier alpha value is -1.18. The molecule has 32 heavy (non-hydrogen) atoms.